The molecule has 0 aliphatic heterocycles. The molecular weight excluding hydrogens is 298 g/mol. The number of aliphatic imine (C=N–C) groups is 1. The molecule has 1 aliphatic carbocycles. The molecule has 0 bridgehead atoms. The highest BCUT2D eigenvalue weighted by Crippen LogP contribution is 2.25. The van der Waals surface area contributed by atoms with Crippen LogP contribution in [0.4, 0.5) is 0 Å². The normalized spacial score (nSPS) is 19.1. The molecule has 1 heterocycles. The van der Waals surface area contributed by atoms with Gasteiger partial charge in [0.25, 0.3) is 0 Å². The highest BCUT2D eigenvalue weighted by Gasteiger charge is 2.14. The molecule has 1 aliphatic rings. The molecule has 1 aromatic heterocycles. The van der Waals surface area contributed by atoms with Gasteiger partial charge in [0.1, 0.15) is 0 Å². The highest BCUT2D eigenvalue weighted by molar-refractivity contribution is 9.10. The second kappa shape index (κ2) is 6.52. The van der Waals surface area contributed by atoms with Gasteiger partial charge in [-0.25, -0.2) is 5.84 Å². The lowest BCUT2D eigenvalue weighted by Gasteiger charge is -2.12. The zero-order chi connectivity index (χ0) is 12.1. The number of thiophene rings is 1. The van der Waals surface area contributed by atoms with Gasteiger partial charge in [0.05, 0.1) is 10.9 Å². The molecule has 0 amide bonds. The number of hydrogen-bond donors (Lipinski definition) is 2. The summed E-state index contributed by atoms with van der Waals surface area (Å²) in [5.41, 5.74) is 2.74. The van der Waals surface area contributed by atoms with Crippen LogP contribution >= 0.6 is 27.3 Å². The predicted molar refractivity (Wildman–Crippen MR) is 77.4 cm³/mol. The molecule has 0 radical (unpaired) electrons. The fraction of sp³-hybridized carbons (Fsp3) is 0.583. The Kier molecular flexibility index (Phi) is 5.00. The molecule has 1 fully saturated rings. The highest BCUT2D eigenvalue weighted by atomic mass is 79.9. The summed E-state index contributed by atoms with van der Waals surface area (Å²) in [5.74, 6) is 6.41. The summed E-state index contributed by atoms with van der Waals surface area (Å²) in [6.07, 6.45) is 7.65. The number of nitrogens with two attached hydrogens (primary N) is 1. The molecule has 1 saturated carbocycles. The summed E-state index contributed by atoms with van der Waals surface area (Å²) >= 11 is 5.18. The standard InChI is InChI=1S/C12H18BrN3S/c13-10-7-8-17-11(10)12(16-14)15-9-5-3-1-2-4-6-9/h7-9H,1-6,14H2,(H,15,16). The van der Waals surface area contributed by atoms with Crippen molar-refractivity contribution in [3.63, 3.8) is 0 Å². The van der Waals surface area contributed by atoms with Crippen molar-refractivity contribution in [3.05, 3.63) is 20.8 Å². The maximum Gasteiger partial charge on any atom is 0.154 e. The van der Waals surface area contributed by atoms with Gasteiger partial charge in [-0.05, 0) is 40.2 Å². The fourth-order valence-corrected chi connectivity index (χ4v) is 3.71. The lowest BCUT2D eigenvalue weighted by molar-refractivity contribution is 0.583. The van der Waals surface area contributed by atoms with Crippen molar-refractivity contribution in [1.29, 1.82) is 0 Å². The van der Waals surface area contributed by atoms with Crippen LogP contribution in [0.1, 0.15) is 43.4 Å². The molecule has 0 spiro atoms. The third-order valence-corrected chi connectivity index (χ3v) is 4.95. The van der Waals surface area contributed by atoms with Crippen LogP contribution in [0.15, 0.2) is 20.9 Å². The number of hydrazine groups is 1. The van der Waals surface area contributed by atoms with Crippen LogP contribution in [-0.4, -0.2) is 11.9 Å². The van der Waals surface area contributed by atoms with Crippen molar-refractivity contribution < 1.29 is 0 Å². The van der Waals surface area contributed by atoms with Crippen molar-refractivity contribution in [2.24, 2.45) is 10.8 Å². The van der Waals surface area contributed by atoms with Crippen LogP contribution in [0, 0.1) is 0 Å². The summed E-state index contributed by atoms with van der Waals surface area (Å²) in [6.45, 7) is 0. The quantitative estimate of drug-likeness (QED) is 0.289. The van der Waals surface area contributed by atoms with Crippen LogP contribution in [0.3, 0.4) is 0 Å². The van der Waals surface area contributed by atoms with E-state index in [-0.39, 0.29) is 0 Å². The Hall–Kier alpha value is -0.390. The van der Waals surface area contributed by atoms with Gasteiger partial charge >= 0.3 is 0 Å². The van der Waals surface area contributed by atoms with Crippen LogP contribution in [0.25, 0.3) is 0 Å². The van der Waals surface area contributed by atoms with Crippen molar-refractivity contribution in [3.8, 4) is 0 Å². The molecule has 0 aromatic carbocycles. The monoisotopic (exact) mass is 315 g/mol. The van der Waals surface area contributed by atoms with E-state index in [0.717, 1.165) is 15.2 Å². The molecule has 3 N–H and O–H groups in total. The van der Waals surface area contributed by atoms with Gasteiger partial charge in [0, 0.05) is 4.47 Å². The Balaban J connectivity index is 2.14. The molecule has 0 saturated heterocycles. The van der Waals surface area contributed by atoms with Gasteiger partial charge < -0.3 is 5.43 Å². The minimum Gasteiger partial charge on any atom is -0.308 e. The summed E-state index contributed by atoms with van der Waals surface area (Å²) in [6, 6.07) is 2.46. The maximum absolute atomic E-state index is 5.59. The zero-order valence-corrected chi connectivity index (χ0v) is 12.2. The second-order valence-corrected chi connectivity index (χ2v) is 6.14. The molecular formula is C12H18BrN3S. The lowest BCUT2D eigenvalue weighted by atomic mass is 10.1. The number of amidine groups is 1. The summed E-state index contributed by atoms with van der Waals surface area (Å²) in [7, 11) is 0. The molecule has 3 nitrogen and oxygen atoms in total. The average molecular weight is 316 g/mol. The van der Waals surface area contributed by atoms with Crippen molar-refractivity contribution in [2.45, 2.75) is 44.6 Å². The van der Waals surface area contributed by atoms with Gasteiger partial charge in [0.15, 0.2) is 5.84 Å². The zero-order valence-electron chi connectivity index (χ0n) is 9.79. The van der Waals surface area contributed by atoms with Crippen molar-refractivity contribution in [1.82, 2.24) is 5.43 Å². The second-order valence-electron chi connectivity index (χ2n) is 4.37. The Bertz CT molecular complexity index is 381. The third kappa shape index (κ3) is 3.53. The molecule has 2 rings (SSSR count). The number of nitrogens with zero attached hydrogens (tertiary/aromatic N) is 1. The van der Waals surface area contributed by atoms with Gasteiger partial charge in [-0.2, -0.15) is 0 Å². The largest absolute Gasteiger partial charge is 0.308 e. The van der Waals surface area contributed by atoms with Crippen LogP contribution in [-0.2, 0) is 0 Å². The topological polar surface area (TPSA) is 50.4 Å². The van der Waals surface area contributed by atoms with E-state index in [9.17, 15) is 0 Å². The number of nitrogens with one attached hydrogen (secondary N) is 1. The Labute approximate surface area is 115 Å². The van der Waals surface area contributed by atoms with E-state index < -0.39 is 0 Å². The van der Waals surface area contributed by atoms with Gasteiger partial charge in [0.2, 0.25) is 0 Å². The van der Waals surface area contributed by atoms with Gasteiger partial charge in [-0.3, -0.25) is 4.99 Å². The van der Waals surface area contributed by atoms with E-state index >= 15 is 0 Å². The molecule has 5 heteroatoms. The lowest BCUT2D eigenvalue weighted by Crippen LogP contribution is -2.32. The Morgan fingerprint density at radius 1 is 1.35 bits per heavy atom. The van der Waals surface area contributed by atoms with Crippen LogP contribution in [0.2, 0.25) is 0 Å². The average Bonchev–Trinajstić information content (AvgIpc) is 2.62. The van der Waals surface area contributed by atoms with Crippen LogP contribution in [0.5, 0.6) is 0 Å². The van der Waals surface area contributed by atoms with E-state index in [1.165, 1.54) is 38.5 Å². The summed E-state index contributed by atoms with van der Waals surface area (Å²) in [4.78, 5) is 5.87. The minimum absolute atomic E-state index is 0.428. The summed E-state index contributed by atoms with van der Waals surface area (Å²) < 4.78 is 1.06. The van der Waals surface area contributed by atoms with E-state index in [0.29, 0.717) is 6.04 Å². The predicted octanol–water partition coefficient (Wildman–Crippen LogP) is 3.44. The third-order valence-electron chi connectivity index (χ3n) is 3.11. The smallest absolute Gasteiger partial charge is 0.154 e. The molecule has 17 heavy (non-hydrogen) atoms. The van der Waals surface area contributed by atoms with E-state index in [2.05, 4.69) is 21.4 Å². The Morgan fingerprint density at radius 3 is 2.59 bits per heavy atom. The first-order chi connectivity index (χ1) is 8.31. The first-order valence-corrected chi connectivity index (χ1v) is 7.76. The first kappa shape index (κ1) is 13.1. The molecule has 0 atom stereocenters. The molecule has 0 unspecified atom stereocenters. The van der Waals surface area contributed by atoms with Crippen molar-refractivity contribution >= 4 is 33.1 Å². The fourth-order valence-electron chi connectivity index (χ4n) is 2.19. The minimum atomic E-state index is 0.428. The van der Waals surface area contributed by atoms with E-state index in [1.807, 2.05) is 11.4 Å². The number of hydrogen-bond acceptors (Lipinski definition) is 3. The van der Waals surface area contributed by atoms with Gasteiger partial charge in [-0.15, -0.1) is 11.3 Å². The number of halogens is 1. The van der Waals surface area contributed by atoms with Gasteiger partial charge in [-0.1, -0.05) is 25.7 Å². The number of rotatable bonds is 2. The Morgan fingerprint density at radius 2 is 2.06 bits per heavy atom. The van der Waals surface area contributed by atoms with E-state index in [4.69, 9.17) is 10.8 Å². The first-order valence-electron chi connectivity index (χ1n) is 6.09. The molecule has 94 valence electrons. The van der Waals surface area contributed by atoms with Crippen molar-refractivity contribution in [2.75, 3.05) is 0 Å². The maximum atomic E-state index is 5.59. The summed E-state index contributed by atoms with van der Waals surface area (Å²) in [5, 5.41) is 2.04. The molecule has 1 aromatic rings. The van der Waals surface area contributed by atoms with Crippen LogP contribution < -0.4 is 11.3 Å². The SMILES string of the molecule is NNC(=NC1CCCCCC1)c1sccc1Br. The van der Waals surface area contributed by atoms with E-state index in [1.54, 1.807) is 11.3 Å².